The summed E-state index contributed by atoms with van der Waals surface area (Å²) < 4.78 is 33.0. The number of pyridine rings is 1. The molecule has 8 heteroatoms. The summed E-state index contributed by atoms with van der Waals surface area (Å²) in [6.45, 7) is 1.87. The van der Waals surface area contributed by atoms with E-state index in [0.29, 0.717) is 32.0 Å². The number of sulfonamides is 1. The first kappa shape index (κ1) is 23.0. The van der Waals surface area contributed by atoms with E-state index in [1.54, 1.807) is 12.1 Å². The van der Waals surface area contributed by atoms with E-state index in [4.69, 9.17) is 4.74 Å². The Balaban J connectivity index is 1.35. The maximum Gasteiger partial charge on any atom is 0.208 e. The van der Waals surface area contributed by atoms with Gasteiger partial charge in [0.2, 0.25) is 10.0 Å². The van der Waals surface area contributed by atoms with Gasteiger partial charge in [-0.05, 0) is 55.7 Å². The van der Waals surface area contributed by atoms with Crippen molar-refractivity contribution in [3.05, 3.63) is 54.2 Å². The third-order valence-electron chi connectivity index (χ3n) is 6.65. The van der Waals surface area contributed by atoms with Crippen LogP contribution in [-0.4, -0.2) is 56.6 Å². The van der Waals surface area contributed by atoms with Crippen LogP contribution in [0, 0.1) is 5.92 Å². The first-order chi connectivity index (χ1) is 15.4. The van der Waals surface area contributed by atoms with Gasteiger partial charge in [0.1, 0.15) is 11.6 Å². The Hall–Kier alpha value is -2.16. The fourth-order valence-electron chi connectivity index (χ4n) is 4.95. The minimum absolute atomic E-state index is 0.0286. The summed E-state index contributed by atoms with van der Waals surface area (Å²) in [7, 11) is -3.30. The molecule has 2 fully saturated rings. The average molecular weight is 460 g/mol. The Labute approximate surface area is 190 Å². The van der Waals surface area contributed by atoms with E-state index in [2.05, 4.69) is 44.9 Å². The third-order valence-corrected chi connectivity index (χ3v) is 7.38. The summed E-state index contributed by atoms with van der Waals surface area (Å²) >= 11 is 0. The van der Waals surface area contributed by atoms with Crippen LogP contribution in [0.25, 0.3) is 0 Å². The number of aromatic nitrogens is 1. The number of ether oxygens (including phenoxy) is 1. The van der Waals surface area contributed by atoms with Gasteiger partial charge in [0.05, 0.1) is 25.2 Å². The molecule has 2 atom stereocenters. The smallest absolute Gasteiger partial charge is 0.208 e. The van der Waals surface area contributed by atoms with Crippen molar-refractivity contribution >= 4 is 15.8 Å². The molecule has 2 heterocycles. The summed E-state index contributed by atoms with van der Waals surface area (Å²) in [5.41, 5.74) is 1.41. The van der Waals surface area contributed by atoms with Gasteiger partial charge in [-0.15, -0.1) is 0 Å². The van der Waals surface area contributed by atoms with Gasteiger partial charge in [-0.2, -0.15) is 0 Å². The topological polar surface area (TPSA) is 91.8 Å². The molecule has 1 aliphatic carbocycles. The minimum atomic E-state index is -3.30. The van der Waals surface area contributed by atoms with Crippen LogP contribution < -0.4 is 9.62 Å². The number of hydrogen-bond donors (Lipinski definition) is 2. The molecule has 0 radical (unpaired) electrons. The van der Waals surface area contributed by atoms with Crippen LogP contribution in [-0.2, 0) is 14.8 Å². The first-order valence-corrected chi connectivity index (χ1v) is 13.3. The predicted molar refractivity (Wildman–Crippen MR) is 125 cm³/mol. The highest BCUT2D eigenvalue weighted by atomic mass is 32.2. The molecule has 32 heavy (non-hydrogen) atoms. The molecule has 1 saturated heterocycles. The quantitative estimate of drug-likeness (QED) is 0.660. The molecule has 4 rings (SSSR count). The molecule has 174 valence electrons. The van der Waals surface area contributed by atoms with E-state index in [1.165, 1.54) is 18.0 Å². The van der Waals surface area contributed by atoms with Crippen molar-refractivity contribution in [2.24, 2.45) is 5.92 Å². The number of anilines is 1. The van der Waals surface area contributed by atoms with Crippen LogP contribution in [0.4, 0.5) is 5.82 Å². The Morgan fingerprint density at radius 3 is 2.50 bits per heavy atom. The van der Waals surface area contributed by atoms with Crippen LogP contribution in [0.2, 0.25) is 0 Å². The molecule has 2 N–H and O–H groups in total. The highest BCUT2D eigenvalue weighted by Gasteiger charge is 2.33. The van der Waals surface area contributed by atoms with Crippen LogP contribution >= 0.6 is 0 Å². The number of benzene rings is 1. The zero-order valence-corrected chi connectivity index (χ0v) is 19.4. The van der Waals surface area contributed by atoms with Gasteiger partial charge in [0, 0.05) is 25.0 Å². The van der Waals surface area contributed by atoms with Gasteiger partial charge in [0.15, 0.2) is 0 Å². The van der Waals surface area contributed by atoms with Crippen molar-refractivity contribution in [1.29, 1.82) is 0 Å². The number of nitrogens with one attached hydrogen (secondary N) is 1. The van der Waals surface area contributed by atoms with E-state index in [9.17, 15) is 13.5 Å². The number of aromatic hydroxyl groups is 1. The van der Waals surface area contributed by atoms with Gasteiger partial charge in [-0.1, -0.05) is 30.3 Å². The van der Waals surface area contributed by atoms with Crippen LogP contribution in [0.15, 0.2) is 48.7 Å². The lowest BCUT2D eigenvalue weighted by Gasteiger charge is -2.40. The summed E-state index contributed by atoms with van der Waals surface area (Å²) in [5.74, 6) is 1.55. The molecular formula is C24H33N3O4S. The lowest BCUT2D eigenvalue weighted by Crippen LogP contribution is -2.52. The summed E-state index contributed by atoms with van der Waals surface area (Å²) in [6, 6.07) is 13.9. The summed E-state index contributed by atoms with van der Waals surface area (Å²) in [5, 5.41) is 9.52. The normalized spacial score (nSPS) is 26.7. The fourth-order valence-corrected chi connectivity index (χ4v) is 5.81. The molecule has 1 aromatic carbocycles. The van der Waals surface area contributed by atoms with E-state index in [-0.39, 0.29) is 23.8 Å². The van der Waals surface area contributed by atoms with Crippen molar-refractivity contribution in [1.82, 2.24) is 9.71 Å². The number of piperidine rings is 1. The summed E-state index contributed by atoms with van der Waals surface area (Å²) in [4.78, 5) is 6.46. The molecule has 7 nitrogen and oxygen atoms in total. The van der Waals surface area contributed by atoms with Gasteiger partial charge in [-0.25, -0.2) is 18.1 Å². The van der Waals surface area contributed by atoms with Gasteiger partial charge in [-0.3, -0.25) is 0 Å². The Morgan fingerprint density at radius 2 is 1.84 bits per heavy atom. The molecule has 0 amide bonds. The van der Waals surface area contributed by atoms with Crippen LogP contribution in [0.5, 0.6) is 5.75 Å². The number of nitrogens with zero attached hydrogens (tertiary/aromatic N) is 2. The number of hydrogen-bond acceptors (Lipinski definition) is 6. The first-order valence-electron chi connectivity index (χ1n) is 11.4. The number of rotatable bonds is 7. The van der Waals surface area contributed by atoms with Crippen molar-refractivity contribution in [3.63, 3.8) is 0 Å². The molecule has 2 aromatic rings. The average Bonchev–Trinajstić information content (AvgIpc) is 2.79. The molecule has 0 spiro atoms. The van der Waals surface area contributed by atoms with E-state index >= 15 is 0 Å². The highest BCUT2D eigenvalue weighted by Crippen LogP contribution is 2.34. The Kier molecular flexibility index (Phi) is 7.33. The molecule has 1 unspecified atom stereocenters. The second-order valence-electron chi connectivity index (χ2n) is 9.08. The Morgan fingerprint density at radius 1 is 1.09 bits per heavy atom. The van der Waals surface area contributed by atoms with Gasteiger partial charge < -0.3 is 14.7 Å². The molecular weight excluding hydrogens is 426 g/mol. The minimum Gasteiger partial charge on any atom is -0.506 e. The fraction of sp³-hybridized carbons (Fsp3) is 0.542. The third kappa shape index (κ3) is 6.21. The zero-order chi connectivity index (χ0) is 22.6. The second-order valence-corrected chi connectivity index (χ2v) is 10.9. The molecule has 2 aliphatic rings. The van der Waals surface area contributed by atoms with Crippen molar-refractivity contribution in [3.8, 4) is 5.75 Å². The molecule has 0 bridgehead atoms. The van der Waals surface area contributed by atoms with Gasteiger partial charge in [0.25, 0.3) is 0 Å². The predicted octanol–water partition coefficient (Wildman–Crippen LogP) is 3.27. The largest absolute Gasteiger partial charge is 0.506 e. The monoisotopic (exact) mass is 459 g/mol. The van der Waals surface area contributed by atoms with E-state index < -0.39 is 10.0 Å². The second kappa shape index (κ2) is 10.2. The SMILES string of the molecule is CS(=O)(=O)NC1CCN(c2ccc(O)cn2)C[C@H]1COC1CCC(c2ccccc2)CC1. The van der Waals surface area contributed by atoms with Crippen molar-refractivity contribution in [2.75, 3.05) is 30.9 Å². The zero-order valence-electron chi connectivity index (χ0n) is 18.6. The highest BCUT2D eigenvalue weighted by molar-refractivity contribution is 7.88. The molecule has 1 saturated carbocycles. The lowest BCUT2D eigenvalue weighted by atomic mass is 9.82. The lowest BCUT2D eigenvalue weighted by molar-refractivity contribution is -0.00213. The molecule has 1 aliphatic heterocycles. The van der Waals surface area contributed by atoms with Crippen molar-refractivity contribution < 1.29 is 18.3 Å². The Bertz CT molecular complexity index is 960. The maximum absolute atomic E-state index is 11.9. The van der Waals surface area contributed by atoms with Crippen molar-refractivity contribution in [2.45, 2.75) is 50.2 Å². The van der Waals surface area contributed by atoms with Crippen LogP contribution in [0.1, 0.15) is 43.6 Å². The maximum atomic E-state index is 11.9. The molecule has 1 aromatic heterocycles. The van der Waals surface area contributed by atoms with Crippen LogP contribution in [0.3, 0.4) is 0 Å². The standard InChI is InChI=1S/C24H33N3O4S/c1-32(29,30)26-23-13-14-27(24-12-9-21(28)15-25-24)16-20(23)17-31-22-10-7-19(8-11-22)18-5-3-2-4-6-18/h2-6,9,12,15,19-20,22-23,26,28H,7-8,10-11,13-14,16-17H2,1H3/t19?,20-,22?,23?/m0/s1. The van der Waals surface area contributed by atoms with Gasteiger partial charge >= 0.3 is 0 Å². The summed E-state index contributed by atoms with van der Waals surface area (Å²) in [6.07, 6.45) is 7.85. The van der Waals surface area contributed by atoms with E-state index in [0.717, 1.165) is 31.5 Å². The van der Waals surface area contributed by atoms with E-state index in [1.807, 2.05) is 0 Å².